The molecule has 2 aromatic heterocycles. The van der Waals surface area contributed by atoms with E-state index in [0.29, 0.717) is 16.3 Å². The first-order chi connectivity index (χ1) is 8.19. The molecule has 0 fully saturated rings. The number of ether oxygens (including phenoxy) is 1. The maximum absolute atomic E-state index is 5.09. The summed E-state index contributed by atoms with van der Waals surface area (Å²) < 4.78 is 5.81. The first-order valence-corrected chi connectivity index (χ1v) is 5.73. The van der Waals surface area contributed by atoms with Crippen LogP contribution in [0.25, 0.3) is 0 Å². The van der Waals surface area contributed by atoms with Crippen molar-refractivity contribution >= 4 is 27.6 Å². The van der Waals surface area contributed by atoms with E-state index >= 15 is 0 Å². The highest BCUT2D eigenvalue weighted by Crippen LogP contribution is 2.23. The second-order valence-corrected chi connectivity index (χ2v) is 4.28. The molecule has 0 aliphatic rings. The lowest BCUT2D eigenvalue weighted by Gasteiger charge is -2.07. The SMILES string of the molecule is COc1nc(Nc2cncc(C)c2)ncc1Br. The summed E-state index contributed by atoms with van der Waals surface area (Å²) in [6.45, 7) is 1.97. The van der Waals surface area contributed by atoms with E-state index < -0.39 is 0 Å². The van der Waals surface area contributed by atoms with E-state index in [4.69, 9.17) is 4.74 Å². The Kier molecular flexibility index (Phi) is 3.53. The Labute approximate surface area is 107 Å². The van der Waals surface area contributed by atoms with Crippen LogP contribution in [0.5, 0.6) is 5.88 Å². The molecular formula is C11H11BrN4O. The highest BCUT2D eigenvalue weighted by Gasteiger charge is 2.05. The van der Waals surface area contributed by atoms with E-state index in [1.165, 1.54) is 0 Å². The fourth-order valence-corrected chi connectivity index (χ4v) is 1.66. The van der Waals surface area contributed by atoms with Crippen LogP contribution in [0.2, 0.25) is 0 Å². The van der Waals surface area contributed by atoms with Crippen LogP contribution in [0.15, 0.2) is 29.1 Å². The third-order valence-electron chi connectivity index (χ3n) is 2.04. The van der Waals surface area contributed by atoms with Crippen LogP contribution in [-0.4, -0.2) is 22.1 Å². The van der Waals surface area contributed by atoms with Crippen molar-refractivity contribution in [2.24, 2.45) is 0 Å². The molecule has 0 radical (unpaired) electrons. The molecular weight excluding hydrogens is 284 g/mol. The van der Waals surface area contributed by atoms with Gasteiger partial charge in [0.25, 0.3) is 0 Å². The fraction of sp³-hybridized carbons (Fsp3) is 0.182. The molecule has 2 heterocycles. The van der Waals surface area contributed by atoms with E-state index in [1.54, 1.807) is 25.7 Å². The third kappa shape index (κ3) is 2.91. The molecule has 0 saturated heterocycles. The fourth-order valence-electron chi connectivity index (χ4n) is 1.31. The Morgan fingerprint density at radius 2 is 2.12 bits per heavy atom. The Morgan fingerprint density at radius 3 is 2.82 bits per heavy atom. The van der Waals surface area contributed by atoms with Gasteiger partial charge < -0.3 is 10.1 Å². The number of nitrogens with one attached hydrogen (secondary N) is 1. The number of methoxy groups -OCH3 is 1. The van der Waals surface area contributed by atoms with Crippen LogP contribution < -0.4 is 10.1 Å². The minimum atomic E-state index is 0.470. The molecule has 0 atom stereocenters. The number of halogens is 1. The molecule has 6 heteroatoms. The smallest absolute Gasteiger partial charge is 0.232 e. The van der Waals surface area contributed by atoms with Crippen LogP contribution in [0.4, 0.5) is 11.6 Å². The molecule has 0 aliphatic carbocycles. The molecule has 2 rings (SSSR count). The lowest BCUT2D eigenvalue weighted by atomic mass is 10.3. The Bertz CT molecular complexity index is 533. The number of pyridine rings is 1. The molecule has 1 N–H and O–H groups in total. The lowest BCUT2D eigenvalue weighted by Crippen LogP contribution is -1.99. The van der Waals surface area contributed by atoms with E-state index in [0.717, 1.165) is 11.3 Å². The summed E-state index contributed by atoms with van der Waals surface area (Å²) in [7, 11) is 1.56. The van der Waals surface area contributed by atoms with E-state index in [1.807, 2.05) is 13.0 Å². The quantitative estimate of drug-likeness (QED) is 0.943. The summed E-state index contributed by atoms with van der Waals surface area (Å²) in [6.07, 6.45) is 5.14. The van der Waals surface area contributed by atoms with Gasteiger partial charge in [-0.1, -0.05) is 0 Å². The van der Waals surface area contributed by atoms with Crippen LogP contribution in [0, 0.1) is 6.92 Å². The van der Waals surface area contributed by atoms with Crippen molar-refractivity contribution in [1.29, 1.82) is 0 Å². The molecule has 17 heavy (non-hydrogen) atoms. The Balaban J connectivity index is 2.24. The number of nitrogens with zero attached hydrogens (tertiary/aromatic N) is 3. The van der Waals surface area contributed by atoms with Crippen molar-refractivity contribution in [3.8, 4) is 5.88 Å². The summed E-state index contributed by atoms with van der Waals surface area (Å²) in [4.78, 5) is 12.4. The Morgan fingerprint density at radius 1 is 1.29 bits per heavy atom. The first kappa shape index (κ1) is 11.8. The second-order valence-electron chi connectivity index (χ2n) is 3.43. The minimum absolute atomic E-state index is 0.470. The van der Waals surface area contributed by atoms with Gasteiger partial charge in [-0.05, 0) is 34.5 Å². The van der Waals surface area contributed by atoms with E-state index in [9.17, 15) is 0 Å². The number of rotatable bonds is 3. The maximum Gasteiger partial charge on any atom is 0.232 e. The molecule has 0 aliphatic heterocycles. The van der Waals surface area contributed by atoms with Gasteiger partial charge in [-0.2, -0.15) is 4.98 Å². The zero-order chi connectivity index (χ0) is 12.3. The van der Waals surface area contributed by atoms with Crippen molar-refractivity contribution in [2.75, 3.05) is 12.4 Å². The topological polar surface area (TPSA) is 59.9 Å². The number of aryl methyl sites for hydroxylation is 1. The lowest BCUT2D eigenvalue weighted by molar-refractivity contribution is 0.394. The molecule has 0 unspecified atom stereocenters. The standard InChI is InChI=1S/C11H11BrN4O/c1-7-3-8(5-13-4-7)15-11-14-6-9(12)10(16-11)17-2/h3-6H,1-2H3,(H,14,15,16). The summed E-state index contributed by atoms with van der Waals surface area (Å²) in [6, 6.07) is 1.96. The molecule has 2 aromatic rings. The van der Waals surface area contributed by atoms with Gasteiger partial charge in [-0.3, -0.25) is 4.98 Å². The van der Waals surface area contributed by atoms with Gasteiger partial charge in [-0.15, -0.1) is 0 Å². The monoisotopic (exact) mass is 294 g/mol. The van der Waals surface area contributed by atoms with Gasteiger partial charge >= 0.3 is 0 Å². The molecule has 0 aromatic carbocycles. The maximum atomic E-state index is 5.09. The zero-order valence-corrected chi connectivity index (χ0v) is 11.0. The van der Waals surface area contributed by atoms with Crippen molar-refractivity contribution in [3.63, 3.8) is 0 Å². The van der Waals surface area contributed by atoms with Crippen LogP contribution in [0.3, 0.4) is 0 Å². The van der Waals surface area contributed by atoms with Crippen LogP contribution in [0.1, 0.15) is 5.56 Å². The van der Waals surface area contributed by atoms with Crippen molar-refractivity contribution in [1.82, 2.24) is 15.0 Å². The zero-order valence-electron chi connectivity index (χ0n) is 9.44. The highest BCUT2D eigenvalue weighted by atomic mass is 79.9. The van der Waals surface area contributed by atoms with Crippen LogP contribution >= 0.6 is 15.9 Å². The highest BCUT2D eigenvalue weighted by molar-refractivity contribution is 9.10. The molecule has 0 spiro atoms. The first-order valence-electron chi connectivity index (χ1n) is 4.94. The molecule has 0 amide bonds. The predicted octanol–water partition coefficient (Wildman–Crippen LogP) is 2.69. The molecule has 0 bridgehead atoms. The van der Waals surface area contributed by atoms with Crippen LogP contribution in [-0.2, 0) is 0 Å². The van der Waals surface area contributed by atoms with Crippen molar-refractivity contribution in [2.45, 2.75) is 6.92 Å². The molecule has 88 valence electrons. The van der Waals surface area contributed by atoms with Gasteiger partial charge in [0.1, 0.15) is 0 Å². The minimum Gasteiger partial charge on any atom is -0.480 e. The number of aromatic nitrogens is 3. The summed E-state index contributed by atoms with van der Waals surface area (Å²) in [5.74, 6) is 0.959. The number of hydrogen-bond acceptors (Lipinski definition) is 5. The second kappa shape index (κ2) is 5.09. The Hall–Kier alpha value is -1.69. The van der Waals surface area contributed by atoms with Crippen molar-refractivity contribution in [3.05, 3.63) is 34.7 Å². The predicted molar refractivity (Wildman–Crippen MR) is 68.5 cm³/mol. The average Bonchev–Trinajstić information content (AvgIpc) is 2.32. The number of hydrogen-bond donors (Lipinski definition) is 1. The average molecular weight is 295 g/mol. The normalized spacial score (nSPS) is 10.1. The summed E-state index contributed by atoms with van der Waals surface area (Å²) >= 11 is 3.30. The van der Waals surface area contributed by atoms with Gasteiger partial charge in [-0.25, -0.2) is 4.98 Å². The summed E-state index contributed by atoms with van der Waals surface area (Å²) in [5.41, 5.74) is 1.91. The van der Waals surface area contributed by atoms with Crippen molar-refractivity contribution < 1.29 is 4.74 Å². The van der Waals surface area contributed by atoms with Gasteiger partial charge in [0.2, 0.25) is 11.8 Å². The van der Waals surface area contributed by atoms with E-state index in [-0.39, 0.29) is 0 Å². The molecule has 0 saturated carbocycles. The van der Waals surface area contributed by atoms with E-state index in [2.05, 4.69) is 36.2 Å². The third-order valence-corrected chi connectivity index (χ3v) is 2.58. The van der Waals surface area contributed by atoms with Gasteiger partial charge in [0.05, 0.1) is 29.7 Å². The largest absolute Gasteiger partial charge is 0.480 e. The van der Waals surface area contributed by atoms with Gasteiger partial charge in [0.15, 0.2) is 0 Å². The van der Waals surface area contributed by atoms with Gasteiger partial charge in [0, 0.05) is 6.20 Å². The number of anilines is 2. The summed E-state index contributed by atoms with van der Waals surface area (Å²) in [5, 5.41) is 3.06. The molecule has 5 nitrogen and oxygen atoms in total.